The van der Waals surface area contributed by atoms with Crippen molar-refractivity contribution in [2.75, 3.05) is 12.9 Å². The number of nitrogens with two attached hydrogens (primary N) is 1. The summed E-state index contributed by atoms with van der Waals surface area (Å²) in [6, 6.07) is -1.14. The lowest BCUT2D eigenvalue weighted by molar-refractivity contribution is -0.159. The third-order valence-electron chi connectivity index (χ3n) is 2.65. The Morgan fingerprint density at radius 2 is 2.40 bits per heavy atom. The lowest BCUT2D eigenvalue weighted by Crippen LogP contribution is -2.73. The van der Waals surface area contributed by atoms with Crippen molar-refractivity contribution >= 4 is 23.6 Å². The minimum atomic E-state index is -0.645. The van der Waals surface area contributed by atoms with Crippen LogP contribution in [-0.2, 0) is 14.3 Å². The van der Waals surface area contributed by atoms with Crippen LogP contribution in [0.5, 0.6) is 0 Å². The van der Waals surface area contributed by atoms with E-state index in [4.69, 9.17) is 5.73 Å². The molecule has 6 heteroatoms. The van der Waals surface area contributed by atoms with E-state index in [1.54, 1.807) is 0 Å². The van der Waals surface area contributed by atoms with Crippen LogP contribution in [0.4, 0.5) is 0 Å². The monoisotopic (exact) mass is 228 g/mol. The molecular weight excluding hydrogens is 216 g/mol. The van der Waals surface area contributed by atoms with Crippen molar-refractivity contribution in [3.63, 3.8) is 0 Å². The van der Waals surface area contributed by atoms with E-state index in [1.807, 2.05) is 0 Å². The van der Waals surface area contributed by atoms with Crippen LogP contribution in [0.1, 0.15) is 0 Å². The summed E-state index contributed by atoms with van der Waals surface area (Å²) in [7, 11) is 1.30. The highest BCUT2D eigenvalue weighted by Crippen LogP contribution is 2.39. The first kappa shape index (κ1) is 10.5. The topological polar surface area (TPSA) is 72.6 Å². The molecule has 0 spiro atoms. The molecule has 2 saturated heterocycles. The van der Waals surface area contributed by atoms with E-state index in [0.717, 1.165) is 0 Å². The quantitative estimate of drug-likeness (QED) is 0.366. The Labute approximate surface area is 91.6 Å². The number of β-lactam (4-membered cyclic amide) rings is 1. The molecule has 3 atom stereocenters. The van der Waals surface area contributed by atoms with Crippen molar-refractivity contribution in [1.82, 2.24) is 4.90 Å². The average Bonchev–Trinajstić information content (AvgIpc) is 2.26. The van der Waals surface area contributed by atoms with Crippen molar-refractivity contribution < 1.29 is 14.3 Å². The predicted octanol–water partition coefficient (Wildman–Crippen LogP) is -0.673. The molecule has 82 valence electrons. The number of ether oxygens (including phenoxy) is 1. The van der Waals surface area contributed by atoms with Crippen molar-refractivity contribution in [1.29, 1.82) is 0 Å². The van der Waals surface area contributed by atoms with E-state index in [9.17, 15) is 9.59 Å². The molecule has 2 aliphatic heterocycles. The first-order chi connectivity index (χ1) is 7.07. The minimum Gasteiger partial charge on any atom is -0.467 e. The van der Waals surface area contributed by atoms with E-state index >= 15 is 0 Å². The van der Waals surface area contributed by atoms with Gasteiger partial charge < -0.3 is 15.4 Å². The molecule has 2 fully saturated rings. The molecule has 0 bridgehead atoms. The Hall–Kier alpha value is -1.01. The fourth-order valence-electron chi connectivity index (χ4n) is 1.83. The zero-order chi connectivity index (χ0) is 11.2. The first-order valence-corrected chi connectivity index (χ1v) is 5.57. The van der Waals surface area contributed by atoms with Gasteiger partial charge in [0.1, 0.15) is 11.4 Å². The zero-order valence-corrected chi connectivity index (χ0v) is 9.12. The van der Waals surface area contributed by atoms with Crippen LogP contribution in [0.3, 0.4) is 0 Å². The molecule has 1 amide bonds. The Kier molecular flexibility index (Phi) is 2.47. The number of fused-ring (bicyclic) bond motifs is 1. The van der Waals surface area contributed by atoms with Crippen LogP contribution < -0.4 is 5.73 Å². The number of methoxy groups -OCH3 is 1. The highest BCUT2D eigenvalue weighted by molar-refractivity contribution is 8.00. The summed E-state index contributed by atoms with van der Waals surface area (Å²) in [4.78, 5) is 24.5. The Morgan fingerprint density at radius 1 is 1.73 bits per heavy atom. The molecule has 0 radical (unpaired) electrons. The molecule has 5 nitrogen and oxygen atoms in total. The van der Waals surface area contributed by atoms with Crippen molar-refractivity contribution in [3.8, 4) is 0 Å². The van der Waals surface area contributed by atoms with Crippen LogP contribution in [0, 0.1) is 0 Å². The molecule has 0 aromatic rings. The van der Waals surface area contributed by atoms with E-state index in [2.05, 4.69) is 11.3 Å². The van der Waals surface area contributed by atoms with Crippen LogP contribution >= 0.6 is 11.8 Å². The number of carbonyl (C=O) groups excluding carboxylic acids is 2. The van der Waals surface area contributed by atoms with Crippen molar-refractivity contribution in [3.05, 3.63) is 12.2 Å². The summed E-state index contributed by atoms with van der Waals surface area (Å²) >= 11 is 1.54. The van der Waals surface area contributed by atoms with E-state index in [-0.39, 0.29) is 11.3 Å². The molecule has 15 heavy (non-hydrogen) atoms. The maximum Gasteiger partial charge on any atom is 0.332 e. The summed E-state index contributed by atoms with van der Waals surface area (Å²) in [5.41, 5.74) is 6.33. The third-order valence-corrected chi connectivity index (χ3v) is 4.05. The van der Waals surface area contributed by atoms with Gasteiger partial charge in [0.15, 0.2) is 6.04 Å². The molecule has 2 unspecified atom stereocenters. The molecule has 0 aliphatic carbocycles. The smallest absolute Gasteiger partial charge is 0.332 e. The van der Waals surface area contributed by atoms with E-state index in [0.29, 0.717) is 11.3 Å². The van der Waals surface area contributed by atoms with Crippen LogP contribution in [0.15, 0.2) is 12.2 Å². The van der Waals surface area contributed by atoms with Gasteiger partial charge in [-0.2, -0.15) is 0 Å². The second-order valence-corrected chi connectivity index (χ2v) is 4.66. The summed E-state index contributed by atoms with van der Waals surface area (Å²) in [6.07, 6.45) is 0. The molecule has 0 saturated carbocycles. The average molecular weight is 228 g/mol. The lowest BCUT2D eigenvalue weighted by atomic mass is 9.99. The molecule has 0 aromatic heterocycles. The second-order valence-electron chi connectivity index (χ2n) is 3.56. The van der Waals surface area contributed by atoms with Crippen molar-refractivity contribution in [2.24, 2.45) is 5.73 Å². The fraction of sp³-hybridized carbons (Fsp3) is 0.556. The first-order valence-electron chi connectivity index (χ1n) is 4.52. The highest BCUT2D eigenvalue weighted by atomic mass is 32.2. The molecule has 2 heterocycles. The van der Waals surface area contributed by atoms with Gasteiger partial charge in [0.2, 0.25) is 5.91 Å². The maximum absolute atomic E-state index is 11.5. The number of hydrogen-bond acceptors (Lipinski definition) is 5. The number of amides is 1. The SMILES string of the molecule is C=C1CS[C@H]2C(N)C(=O)N2C1C(=O)OC. The summed E-state index contributed by atoms with van der Waals surface area (Å²) in [5.74, 6) is -0.00338. The molecular formula is C9H12N2O3S. The van der Waals surface area contributed by atoms with Gasteiger partial charge in [-0.15, -0.1) is 11.8 Å². The van der Waals surface area contributed by atoms with Gasteiger partial charge in [-0.3, -0.25) is 4.79 Å². The normalized spacial score (nSPS) is 34.5. The summed E-state index contributed by atoms with van der Waals surface area (Å²) < 4.78 is 4.65. The van der Waals surface area contributed by atoms with Gasteiger partial charge in [-0.05, 0) is 5.57 Å². The third kappa shape index (κ3) is 1.36. The van der Waals surface area contributed by atoms with Gasteiger partial charge in [0.05, 0.1) is 7.11 Å². The summed E-state index contributed by atoms with van der Waals surface area (Å²) in [5, 5.41) is -0.105. The fourth-order valence-corrected chi connectivity index (χ4v) is 3.08. The van der Waals surface area contributed by atoms with E-state index < -0.39 is 18.1 Å². The number of nitrogens with zero attached hydrogens (tertiary/aromatic N) is 1. The van der Waals surface area contributed by atoms with Crippen LogP contribution in [0.25, 0.3) is 0 Å². The Morgan fingerprint density at radius 3 is 3.00 bits per heavy atom. The van der Waals surface area contributed by atoms with Gasteiger partial charge >= 0.3 is 5.97 Å². The number of esters is 1. The van der Waals surface area contributed by atoms with Crippen molar-refractivity contribution in [2.45, 2.75) is 17.5 Å². The van der Waals surface area contributed by atoms with Gasteiger partial charge in [0.25, 0.3) is 0 Å². The molecule has 2 rings (SSSR count). The molecule has 2 aliphatic rings. The lowest BCUT2D eigenvalue weighted by Gasteiger charge is -2.51. The summed E-state index contributed by atoms with van der Waals surface area (Å²) in [6.45, 7) is 3.79. The predicted molar refractivity (Wildman–Crippen MR) is 56.0 cm³/mol. The molecule has 2 N–H and O–H groups in total. The van der Waals surface area contributed by atoms with E-state index in [1.165, 1.54) is 23.8 Å². The maximum atomic E-state index is 11.5. The van der Waals surface area contributed by atoms with Gasteiger partial charge in [-0.1, -0.05) is 6.58 Å². The van der Waals surface area contributed by atoms with Gasteiger partial charge in [0, 0.05) is 5.75 Å². The number of hydrogen-bond donors (Lipinski definition) is 1. The highest BCUT2D eigenvalue weighted by Gasteiger charge is 2.54. The van der Waals surface area contributed by atoms with Crippen LogP contribution in [-0.4, -0.2) is 47.1 Å². The van der Waals surface area contributed by atoms with Crippen LogP contribution in [0.2, 0.25) is 0 Å². The molecule has 0 aromatic carbocycles. The van der Waals surface area contributed by atoms with Gasteiger partial charge in [-0.25, -0.2) is 4.79 Å². The largest absolute Gasteiger partial charge is 0.467 e. The number of thioether (sulfide) groups is 1. The number of carbonyl (C=O) groups is 2. The Bertz CT molecular complexity index is 336. The minimum absolute atomic E-state index is 0.105. The Balaban J connectivity index is 2.23. The number of rotatable bonds is 1. The second kappa shape index (κ2) is 3.53. The standard InChI is InChI=1S/C9H12N2O3S/c1-4-3-15-8-5(10)7(12)11(8)6(4)9(13)14-2/h5-6,8H,1,3,10H2,2H3/t5?,6?,8-/m0/s1. The zero-order valence-electron chi connectivity index (χ0n) is 8.30.